The minimum Gasteiger partial charge on any atom is -0.155 e. The number of nitrogens with zero attached hydrogens (tertiary/aromatic N) is 4. The van der Waals surface area contributed by atoms with E-state index >= 15 is 0 Å². The number of hydrogen-bond donors (Lipinski definition) is 0. The summed E-state index contributed by atoms with van der Waals surface area (Å²) in [5.41, 5.74) is 3.74. The number of halogens is 2. The number of azo groups is 2. The van der Waals surface area contributed by atoms with Crippen molar-refractivity contribution >= 4 is 43.2 Å². The molecule has 4 atom stereocenters. The fraction of sp³-hybridized carbons (Fsp3) is 0.238. The molecule has 2 aliphatic carbocycles. The highest BCUT2D eigenvalue weighted by Gasteiger charge is 2.39. The number of fused-ring (bicyclic) bond motifs is 2. The number of rotatable bonds is 4. The Morgan fingerprint density at radius 1 is 0.593 bits per heavy atom. The van der Waals surface area contributed by atoms with Crippen LogP contribution in [0.2, 0.25) is 0 Å². The first kappa shape index (κ1) is 18.4. The lowest BCUT2D eigenvalue weighted by atomic mass is 9.76. The zero-order valence-electron chi connectivity index (χ0n) is 14.5. The second-order valence-electron chi connectivity index (χ2n) is 6.59. The topological polar surface area (TPSA) is 49.4 Å². The Morgan fingerprint density at radius 2 is 1.00 bits per heavy atom. The number of allylic oxidation sites excluding steroid dienone is 4. The normalized spacial score (nSPS) is 27.6. The zero-order chi connectivity index (χ0) is 18.6. The molecule has 0 radical (unpaired) electrons. The molecule has 2 aliphatic rings. The molecule has 2 bridgehead atoms. The summed E-state index contributed by atoms with van der Waals surface area (Å²) >= 11 is 7.59. The van der Waals surface area contributed by atoms with Crippen molar-refractivity contribution in [1.82, 2.24) is 0 Å². The van der Waals surface area contributed by atoms with Crippen LogP contribution in [-0.2, 0) is 0 Å². The van der Waals surface area contributed by atoms with Crippen molar-refractivity contribution < 1.29 is 0 Å². The van der Waals surface area contributed by atoms with Crippen molar-refractivity contribution in [1.29, 1.82) is 0 Å². The van der Waals surface area contributed by atoms with E-state index in [0.717, 1.165) is 29.2 Å². The molecule has 4 rings (SSSR count). The maximum absolute atomic E-state index is 4.54. The van der Waals surface area contributed by atoms with Gasteiger partial charge in [-0.3, -0.25) is 0 Å². The molecule has 6 heteroatoms. The van der Waals surface area contributed by atoms with Crippen LogP contribution in [0.15, 0.2) is 105 Å². The fourth-order valence-electron chi connectivity index (χ4n) is 3.34. The molecule has 2 aromatic carbocycles. The lowest BCUT2D eigenvalue weighted by molar-refractivity contribution is 0.410. The van der Waals surface area contributed by atoms with Gasteiger partial charge in [0.2, 0.25) is 0 Å². The highest BCUT2D eigenvalue weighted by atomic mass is 79.9. The Bertz CT molecular complexity index is 831. The Labute approximate surface area is 175 Å². The summed E-state index contributed by atoms with van der Waals surface area (Å²) in [5.74, 6) is 0.568. The molecule has 0 aliphatic heterocycles. The molecule has 0 saturated heterocycles. The third kappa shape index (κ3) is 4.33. The van der Waals surface area contributed by atoms with Crippen molar-refractivity contribution in [3.8, 4) is 0 Å². The molecule has 27 heavy (non-hydrogen) atoms. The van der Waals surface area contributed by atoms with Gasteiger partial charge in [0.25, 0.3) is 0 Å². The third-order valence-corrected chi connectivity index (χ3v) is 6.58. The highest BCUT2D eigenvalue weighted by Crippen LogP contribution is 2.46. The second-order valence-corrected chi connectivity index (χ2v) is 8.71. The molecule has 0 spiro atoms. The summed E-state index contributed by atoms with van der Waals surface area (Å²) in [6.07, 6.45) is 5.28. The van der Waals surface area contributed by atoms with Gasteiger partial charge < -0.3 is 0 Å². The van der Waals surface area contributed by atoms with E-state index in [1.54, 1.807) is 0 Å². The molecule has 2 aromatic rings. The van der Waals surface area contributed by atoms with Crippen molar-refractivity contribution in [2.24, 2.45) is 32.3 Å². The van der Waals surface area contributed by atoms with E-state index in [0.29, 0.717) is 0 Å². The molecule has 0 aromatic heterocycles. The Hall–Kier alpha value is -1.92. The van der Waals surface area contributed by atoms with Gasteiger partial charge in [-0.05, 0) is 42.8 Å². The van der Waals surface area contributed by atoms with Crippen molar-refractivity contribution in [2.75, 3.05) is 0 Å². The van der Waals surface area contributed by atoms with E-state index in [4.69, 9.17) is 0 Å². The molecular formula is C21H18Br2N4. The Kier molecular flexibility index (Phi) is 5.74. The van der Waals surface area contributed by atoms with Crippen LogP contribution in [-0.4, -0.2) is 9.65 Å². The van der Waals surface area contributed by atoms with Crippen LogP contribution in [0.25, 0.3) is 0 Å². The van der Waals surface area contributed by atoms with E-state index in [1.807, 2.05) is 60.7 Å². The Balaban J connectivity index is 1.54. The van der Waals surface area contributed by atoms with Gasteiger partial charge in [-0.15, -0.1) is 0 Å². The summed E-state index contributed by atoms with van der Waals surface area (Å²) in [6, 6.07) is 19.6. The van der Waals surface area contributed by atoms with Gasteiger partial charge in [-0.1, -0.05) is 68.3 Å². The van der Waals surface area contributed by atoms with E-state index in [1.165, 1.54) is 0 Å². The fourth-order valence-corrected chi connectivity index (χ4v) is 4.86. The molecule has 0 fully saturated rings. The smallest absolute Gasteiger partial charge is 0.0856 e. The van der Waals surface area contributed by atoms with E-state index < -0.39 is 0 Å². The van der Waals surface area contributed by atoms with Crippen molar-refractivity contribution in [2.45, 2.75) is 16.1 Å². The molecule has 0 unspecified atom stereocenters. The lowest BCUT2D eigenvalue weighted by Gasteiger charge is -2.36. The first-order valence-corrected chi connectivity index (χ1v) is 10.7. The van der Waals surface area contributed by atoms with Crippen molar-refractivity contribution in [3.05, 3.63) is 84.2 Å². The van der Waals surface area contributed by atoms with E-state index in [2.05, 4.69) is 64.5 Å². The maximum Gasteiger partial charge on any atom is 0.0856 e. The quantitative estimate of drug-likeness (QED) is 0.318. The Morgan fingerprint density at radius 3 is 1.41 bits per heavy atom. The minimum absolute atomic E-state index is 0.166. The second kappa shape index (κ2) is 8.40. The van der Waals surface area contributed by atoms with Gasteiger partial charge >= 0.3 is 0 Å². The lowest BCUT2D eigenvalue weighted by Crippen LogP contribution is -2.33. The van der Waals surface area contributed by atoms with Gasteiger partial charge in [-0.2, -0.15) is 20.5 Å². The van der Waals surface area contributed by atoms with Crippen LogP contribution in [0.1, 0.15) is 6.42 Å². The van der Waals surface area contributed by atoms with E-state index in [9.17, 15) is 0 Å². The van der Waals surface area contributed by atoms with Crippen LogP contribution in [0.4, 0.5) is 11.4 Å². The SMILES string of the molecule is Br[C@@H]1C=C(N=Nc2ccccc2)[C@H]2C[C@@H]1C(N=Nc1ccccc1)=C[C@H]2Br. The van der Waals surface area contributed by atoms with Gasteiger partial charge in [0.05, 0.1) is 22.8 Å². The summed E-state index contributed by atoms with van der Waals surface area (Å²) in [5, 5.41) is 17.9. The number of hydrogen-bond acceptors (Lipinski definition) is 4. The molecule has 0 heterocycles. The molecule has 0 saturated carbocycles. The first-order chi connectivity index (χ1) is 13.2. The average molecular weight is 486 g/mol. The van der Waals surface area contributed by atoms with Crippen molar-refractivity contribution in [3.63, 3.8) is 0 Å². The number of alkyl halides is 2. The summed E-state index contributed by atoms with van der Waals surface area (Å²) < 4.78 is 0. The minimum atomic E-state index is 0.166. The average Bonchev–Trinajstić information content (AvgIpc) is 2.71. The van der Waals surface area contributed by atoms with Gasteiger partial charge in [0.15, 0.2) is 0 Å². The van der Waals surface area contributed by atoms with Gasteiger partial charge in [0.1, 0.15) is 0 Å². The molecule has 0 N–H and O–H groups in total. The molecule has 136 valence electrons. The van der Waals surface area contributed by atoms with Crippen LogP contribution in [0.3, 0.4) is 0 Å². The largest absolute Gasteiger partial charge is 0.155 e. The van der Waals surface area contributed by atoms with Crippen LogP contribution >= 0.6 is 31.9 Å². The molecule has 4 nitrogen and oxygen atoms in total. The highest BCUT2D eigenvalue weighted by molar-refractivity contribution is 9.10. The van der Waals surface area contributed by atoms with Crippen LogP contribution < -0.4 is 0 Å². The number of benzene rings is 2. The third-order valence-electron chi connectivity index (χ3n) is 4.77. The molecular weight excluding hydrogens is 468 g/mol. The van der Waals surface area contributed by atoms with Gasteiger partial charge in [0, 0.05) is 21.5 Å². The van der Waals surface area contributed by atoms with Gasteiger partial charge in [-0.25, -0.2) is 0 Å². The molecule has 0 amide bonds. The maximum atomic E-state index is 4.54. The standard InChI is InChI=1S/C21H18Br2N4/c22-18-12-20(26-24-14-7-3-1-4-8-14)16-11-17(18)21(13-19(16)23)27-25-15-9-5-2-6-10-15/h1-10,12-13,16-19H,11H2/t16-,17-,18+,19+/m0/s1. The van der Waals surface area contributed by atoms with Crippen LogP contribution in [0, 0.1) is 11.8 Å². The predicted octanol–water partition coefficient (Wildman–Crippen LogP) is 7.50. The first-order valence-electron chi connectivity index (χ1n) is 8.86. The van der Waals surface area contributed by atoms with E-state index in [-0.39, 0.29) is 21.5 Å². The predicted molar refractivity (Wildman–Crippen MR) is 115 cm³/mol. The monoisotopic (exact) mass is 484 g/mol. The summed E-state index contributed by atoms with van der Waals surface area (Å²) in [7, 11) is 0. The summed E-state index contributed by atoms with van der Waals surface area (Å²) in [6.45, 7) is 0. The summed E-state index contributed by atoms with van der Waals surface area (Å²) in [4.78, 5) is 0.332. The zero-order valence-corrected chi connectivity index (χ0v) is 17.7. The van der Waals surface area contributed by atoms with Crippen LogP contribution in [0.5, 0.6) is 0 Å².